The first kappa shape index (κ1) is 57.5. The van der Waals surface area contributed by atoms with E-state index in [4.69, 9.17) is 15.8 Å². The summed E-state index contributed by atoms with van der Waals surface area (Å²) in [5, 5.41) is 45.8. The summed E-state index contributed by atoms with van der Waals surface area (Å²) >= 11 is 5.96. The number of nitro groups is 1. The van der Waals surface area contributed by atoms with E-state index in [0.29, 0.717) is 11.1 Å². The maximum absolute atomic E-state index is 10.4. The minimum absolute atomic E-state index is 0.0247. The Bertz CT molecular complexity index is 1520. The van der Waals surface area contributed by atoms with E-state index in [1.807, 2.05) is 12.1 Å². The van der Waals surface area contributed by atoms with E-state index in [1.165, 1.54) is 224 Å². The van der Waals surface area contributed by atoms with Crippen molar-refractivity contribution in [2.75, 3.05) is 11.5 Å². The summed E-state index contributed by atoms with van der Waals surface area (Å²) in [5.41, 5.74) is 0.536. The zero-order valence-corrected chi connectivity index (χ0v) is 40.1. The van der Waals surface area contributed by atoms with Crippen LogP contribution in [-0.4, -0.2) is 16.4 Å². The predicted molar refractivity (Wildman–Crippen MR) is 262 cm³/mol. The van der Waals surface area contributed by atoms with Crippen molar-refractivity contribution in [1.29, 1.82) is 21.0 Å². The van der Waals surface area contributed by atoms with Crippen LogP contribution in [-0.2, 0) is 0 Å². The van der Waals surface area contributed by atoms with Crippen molar-refractivity contribution in [2.45, 2.75) is 224 Å². The average molecular weight is 872 g/mol. The molecule has 2 aromatic carbocycles. The van der Waals surface area contributed by atoms with Gasteiger partial charge in [0.1, 0.15) is 29.8 Å². The Balaban J connectivity index is 0.000000963. The third-order valence-electron chi connectivity index (χ3n) is 11.0. The maximum Gasteiger partial charge on any atom is 0.288 e. The molecule has 0 aliphatic heterocycles. The number of hydrogen-bond donors (Lipinski definition) is 1. The van der Waals surface area contributed by atoms with Gasteiger partial charge in [-0.3, -0.25) is 10.1 Å². The van der Waals surface area contributed by atoms with E-state index in [2.05, 4.69) is 38.6 Å². The molecule has 0 unspecified atom stereocenters. The number of nitrogens with zero attached hydrogens (tertiary/aromatic N) is 5. The van der Waals surface area contributed by atoms with Gasteiger partial charge in [0.05, 0.1) is 21.6 Å². The van der Waals surface area contributed by atoms with Crippen molar-refractivity contribution >= 4 is 30.1 Å². The Hall–Kier alpha value is -3.50. The fourth-order valence-corrected chi connectivity index (χ4v) is 8.52. The Morgan fingerprint density at radius 3 is 1.13 bits per heavy atom. The molecule has 61 heavy (non-hydrogen) atoms. The Morgan fingerprint density at radius 2 is 0.803 bits per heavy atom. The number of rotatable bonds is 35. The SMILES string of the molecule is CCCCCCCCCCCCCCCCCCS.CCCCCCCCCCCCCCCCCCSc1cccc(C#N)c1C#N.N#Cc1cccc([N+](=O)[O-])c1C#N. The zero-order valence-electron chi connectivity index (χ0n) is 38.4. The molecule has 0 radical (unpaired) electrons. The molecule has 7 nitrogen and oxygen atoms in total. The molecule has 0 saturated heterocycles. The minimum atomic E-state index is -0.681. The van der Waals surface area contributed by atoms with Gasteiger partial charge in [-0.1, -0.05) is 219 Å². The smallest absolute Gasteiger partial charge is 0.258 e. The molecule has 338 valence electrons. The van der Waals surface area contributed by atoms with Gasteiger partial charge in [-0.2, -0.15) is 33.7 Å². The Labute approximate surface area is 383 Å². The summed E-state index contributed by atoms with van der Waals surface area (Å²) in [6, 6.07) is 17.1. The van der Waals surface area contributed by atoms with Crippen molar-refractivity contribution < 1.29 is 4.92 Å². The maximum atomic E-state index is 10.4. The zero-order chi connectivity index (χ0) is 44.9. The first-order valence-corrected chi connectivity index (χ1v) is 25.8. The van der Waals surface area contributed by atoms with Crippen LogP contribution in [0.2, 0.25) is 0 Å². The van der Waals surface area contributed by atoms with Crippen LogP contribution >= 0.6 is 24.4 Å². The number of thioether (sulfide) groups is 1. The highest BCUT2D eigenvalue weighted by atomic mass is 32.2. The number of benzene rings is 2. The molecule has 0 aliphatic rings. The number of nitriles is 4. The van der Waals surface area contributed by atoms with Crippen LogP contribution in [0.25, 0.3) is 0 Å². The molecule has 0 spiro atoms. The topological polar surface area (TPSA) is 138 Å². The molecule has 2 rings (SSSR count). The molecule has 0 aromatic heterocycles. The summed E-state index contributed by atoms with van der Waals surface area (Å²) in [7, 11) is 0. The third kappa shape index (κ3) is 32.8. The van der Waals surface area contributed by atoms with Gasteiger partial charge in [0.2, 0.25) is 0 Å². The summed E-state index contributed by atoms with van der Waals surface area (Å²) < 4.78 is 0. The minimum Gasteiger partial charge on any atom is -0.258 e. The van der Waals surface area contributed by atoms with E-state index in [9.17, 15) is 15.4 Å². The molecule has 0 aliphatic carbocycles. The van der Waals surface area contributed by atoms with Crippen LogP contribution < -0.4 is 0 Å². The summed E-state index contributed by atoms with van der Waals surface area (Å²) in [6.07, 6.45) is 45.3. The lowest BCUT2D eigenvalue weighted by molar-refractivity contribution is -0.385. The summed E-state index contributed by atoms with van der Waals surface area (Å²) in [5.74, 6) is 2.10. The van der Waals surface area contributed by atoms with Crippen LogP contribution in [0, 0.1) is 55.4 Å². The highest BCUT2D eigenvalue weighted by molar-refractivity contribution is 7.99. The van der Waals surface area contributed by atoms with Crippen LogP contribution in [0.4, 0.5) is 5.69 Å². The fourth-order valence-electron chi connectivity index (χ4n) is 7.26. The monoisotopic (exact) mass is 872 g/mol. The van der Waals surface area contributed by atoms with Gasteiger partial charge in [0.15, 0.2) is 0 Å². The van der Waals surface area contributed by atoms with Crippen molar-refractivity contribution in [2.24, 2.45) is 0 Å². The van der Waals surface area contributed by atoms with Gasteiger partial charge in [0.25, 0.3) is 5.69 Å². The van der Waals surface area contributed by atoms with Crippen molar-refractivity contribution in [1.82, 2.24) is 0 Å². The van der Waals surface area contributed by atoms with E-state index >= 15 is 0 Å². The van der Waals surface area contributed by atoms with Gasteiger partial charge < -0.3 is 0 Å². The first-order valence-electron chi connectivity index (χ1n) is 24.2. The predicted octanol–water partition coefficient (Wildman–Crippen LogP) is 17.3. The second-order valence-electron chi connectivity index (χ2n) is 16.3. The van der Waals surface area contributed by atoms with Gasteiger partial charge in [-0.25, -0.2) is 0 Å². The normalized spacial score (nSPS) is 10.3. The standard InChI is InChI=1S/C26H40N2S.C18H38S.C8H3N3O2/c1-2-3-4-5-6-7-8-9-10-11-12-13-14-15-16-17-21-29-26-20-18-19-24(22-27)25(26)23-28;1-2-3-4-5-6-7-8-9-10-11-12-13-14-15-16-17-18-19;9-4-6-2-1-3-8(11(12)13)7(6)5-10/h18-20H,2-17,21H2,1H3;19H,2-18H2,1H3;1-3H. The van der Waals surface area contributed by atoms with Crippen LogP contribution in [0.5, 0.6) is 0 Å². The second-order valence-corrected chi connectivity index (χ2v) is 17.8. The third-order valence-corrected chi connectivity index (χ3v) is 12.5. The van der Waals surface area contributed by atoms with Crippen LogP contribution in [0.15, 0.2) is 41.3 Å². The fraction of sp³-hybridized carbons (Fsp3) is 0.692. The van der Waals surface area contributed by atoms with E-state index < -0.39 is 4.92 Å². The Kier molecular flexibility index (Phi) is 42.0. The lowest BCUT2D eigenvalue weighted by Crippen LogP contribution is -1.94. The molecule has 0 fully saturated rings. The van der Waals surface area contributed by atoms with Crippen LogP contribution in [0.3, 0.4) is 0 Å². The van der Waals surface area contributed by atoms with Crippen molar-refractivity contribution in [3.8, 4) is 24.3 Å². The van der Waals surface area contributed by atoms with Crippen molar-refractivity contribution in [3.63, 3.8) is 0 Å². The number of unbranched alkanes of at least 4 members (excludes halogenated alkanes) is 30. The van der Waals surface area contributed by atoms with Crippen LogP contribution in [0.1, 0.15) is 242 Å². The quantitative estimate of drug-likeness (QED) is 0.0239. The lowest BCUT2D eigenvalue weighted by Gasteiger charge is -2.05. The highest BCUT2D eigenvalue weighted by Gasteiger charge is 2.16. The molecular weight excluding hydrogens is 791 g/mol. The summed E-state index contributed by atoms with van der Waals surface area (Å²) in [4.78, 5) is 10.7. The molecule has 2 aromatic rings. The largest absolute Gasteiger partial charge is 0.288 e. The van der Waals surface area contributed by atoms with E-state index in [-0.39, 0.29) is 16.8 Å². The Morgan fingerprint density at radius 1 is 0.475 bits per heavy atom. The molecule has 0 saturated carbocycles. The first-order chi connectivity index (χ1) is 29.9. The molecule has 0 atom stereocenters. The molecular formula is C52H81N5O2S2. The highest BCUT2D eigenvalue weighted by Crippen LogP contribution is 2.26. The van der Waals surface area contributed by atoms with Gasteiger partial charge >= 0.3 is 0 Å². The van der Waals surface area contributed by atoms with Gasteiger partial charge in [0, 0.05) is 11.0 Å². The van der Waals surface area contributed by atoms with Crippen molar-refractivity contribution in [3.05, 3.63) is 68.8 Å². The van der Waals surface area contributed by atoms with E-state index in [1.54, 1.807) is 30.0 Å². The summed E-state index contributed by atoms with van der Waals surface area (Å²) in [6.45, 7) is 4.57. The molecule has 9 heteroatoms. The molecule has 0 amide bonds. The van der Waals surface area contributed by atoms with Gasteiger partial charge in [-0.15, -0.1) is 11.8 Å². The van der Waals surface area contributed by atoms with Gasteiger partial charge in [-0.05, 0) is 42.5 Å². The number of thiol groups is 1. The molecule has 0 bridgehead atoms. The average Bonchev–Trinajstić information content (AvgIpc) is 3.28. The number of nitro benzene ring substituents is 1. The lowest BCUT2D eigenvalue weighted by atomic mass is 10.0. The molecule has 0 heterocycles. The second kappa shape index (κ2) is 44.6. The molecule has 0 N–H and O–H groups in total. The number of hydrogen-bond acceptors (Lipinski definition) is 8. The van der Waals surface area contributed by atoms with E-state index in [0.717, 1.165) is 16.4 Å².